The van der Waals surface area contributed by atoms with Crippen LogP contribution in [0.4, 0.5) is 0 Å². The van der Waals surface area contributed by atoms with Crippen LogP contribution in [-0.2, 0) is 4.79 Å². The van der Waals surface area contributed by atoms with Crippen LogP contribution in [0.5, 0.6) is 0 Å². The standard InChI is InChI=1S/C3H7NO2S.ClH.H3N/c4-2(1-7)3(5)6;;/h2,7H,1,4H2,(H,5,6);1H;1H3/t2-;;/m0../s1. The van der Waals surface area contributed by atoms with Crippen LogP contribution in [0.25, 0.3) is 0 Å². The monoisotopic (exact) mass is 174 g/mol. The average Bonchev–Trinajstić information content (AvgIpc) is 1.65. The average molecular weight is 175 g/mol. The number of thiol groups is 1. The highest BCUT2D eigenvalue weighted by Crippen LogP contribution is 1.80. The highest BCUT2D eigenvalue weighted by Gasteiger charge is 2.06. The third-order valence-corrected chi connectivity index (χ3v) is 0.907. The Bertz CT molecular complexity index is 82.2. The predicted molar refractivity (Wildman–Crippen MR) is 41.7 cm³/mol. The summed E-state index contributed by atoms with van der Waals surface area (Å²) in [5, 5.41) is 8.01. The summed E-state index contributed by atoms with van der Waals surface area (Å²) in [4.78, 5) is 9.76. The molecule has 1 atom stereocenters. The fraction of sp³-hybridized carbons (Fsp3) is 0.667. The minimum Gasteiger partial charge on any atom is -0.480 e. The summed E-state index contributed by atoms with van der Waals surface area (Å²) in [6.45, 7) is 0. The van der Waals surface area contributed by atoms with Crippen molar-refractivity contribution in [2.45, 2.75) is 6.04 Å². The van der Waals surface area contributed by atoms with E-state index in [9.17, 15) is 4.79 Å². The van der Waals surface area contributed by atoms with Crippen LogP contribution in [-0.4, -0.2) is 22.9 Å². The number of carboxylic acid groups (broad SMARTS) is 1. The molecule has 0 aromatic heterocycles. The van der Waals surface area contributed by atoms with E-state index < -0.39 is 12.0 Å². The molecule has 0 radical (unpaired) electrons. The lowest BCUT2D eigenvalue weighted by molar-refractivity contribution is -0.137. The molecule has 0 aromatic rings. The SMILES string of the molecule is Cl.N.N[C@@H](CS)C(=O)O. The molecule has 0 heterocycles. The van der Waals surface area contributed by atoms with Crippen molar-refractivity contribution in [3.8, 4) is 0 Å². The van der Waals surface area contributed by atoms with Crippen LogP contribution in [0.3, 0.4) is 0 Å². The van der Waals surface area contributed by atoms with Gasteiger partial charge in [-0.1, -0.05) is 0 Å². The van der Waals surface area contributed by atoms with Crippen LogP contribution < -0.4 is 11.9 Å². The Morgan fingerprint density at radius 3 is 2.11 bits per heavy atom. The number of hydrogen-bond acceptors (Lipinski definition) is 4. The summed E-state index contributed by atoms with van der Waals surface area (Å²) in [6.07, 6.45) is 0. The molecular weight excluding hydrogens is 164 g/mol. The molecule has 0 fully saturated rings. The number of carboxylic acids is 1. The van der Waals surface area contributed by atoms with E-state index in [4.69, 9.17) is 10.8 Å². The lowest BCUT2D eigenvalue weighted by Crippen LogP contribution is -2.31. The molecule has 0 aliphatic carbocycles. The van der Waals surface area contributed by atoms with Gasteiger partial charge in [0.15, 0.2) is 0 Å². The number of rotatable bonds is 2. The molecule has 0 saturated carbocycles. The molecule has 0 aromatic carbocycles. The normalized spacial score (nSPS) is 10.4. The Balaban J connectivity index is -0.000000180. The minimum atomic E-state index is -1.00. The van der Waals surface area contributed by atoms with Gasteiger partial charge in [-0.15, -0.1) is 12.4 Å². The second-order valence-electron chi connectivity index (χ2n) is 1.13. The smallest absolute Gasteiger partial charge is 0.321 e. The minimum absolute atomic E-state index is 0. The van der Waals surface area contributed by atoms with E-state index >= 15 is 0 Å². The van der Waals surface area contributed by atoms with Gasteiger partial charge in [0, 0.05) is 5.75 Å². The number of nitrogens with two attached hydrogens (primary N) is 1. The largest absolute Gasteiger partial charge is 0.480 e. The fourth-order valence-corrected chi connectivity index (χ4v) is 0.234. The van der Waals surface area contributed by atoms with Crippen molar-refractivity contribution in [2.24, 2.45) is 5.73 Å². The summed E-state index contributed by atoms with van der Waals surface area (Å²) in [6, 6.07) is -0.816. The maximum Gasteiger partial charge on any atom is 0.321 e. The molecule has 0 saturated heterocycles. The quantitative estimate of drug-likeness (QED) is 0.440. The molecule has 0 unspecified atom stereocenters. The second-order valence-corrected chi connectivity index (χ2v) is 1.49. The molecule has 9 heavy (non-hydrogen) atoms. The Morgan fingerprint density at radius 1 is 1.78 bits per heavy atom. The zero-order valence-corrected chi connectivity index (χ0v) is 6.49. The van der Waals surface area contributed by atoms with E-state index in [2.05, 4.69) is 12.6 Å². The molecule has 6 N–H and O–H groups in total. The molecule has 58 valence electrons. The topological polar surface area (TPSA) is 98.3 Å². The maximum absolute atomic E-state index is 9.76. The maximum atomic E-state index is 9.76. The molecule has 4 nitrogen and oxygen atoms in total. The highest BCUT2D eigenvalue weighted by molar-refractivity contribution is 7.80. The van der Waals surface area contributed by atoms with Gasteiger partial charge in [0.2, 0.25) is 0 Å². The van der Waals surface area contributed by atoms with Crippen molar-refractivity contribution in [3.63, 3.8) is 0 Å². The first-order chi connectivity index (χ1) is 3.18. The molecule has 0 aliphatic heterocycles. The summed E-state index contributed by atoms with van der Waals surface area (Å²) in [7, 11) is 0. The van der Waals surface area contributed by atoms with Crippen molar-refractivity contribution >= 4 is 31.0 Å². The first-order valence-corrected chi connectivity index (χ1v) is 2.41. The van der Waals surface area contributed by atoms with E-state index in [0.717, 1.165) is 0 Å². The molecule has 0 rings (SSSR count). The Hall–Kier alpha value is 0.0300. The van der Waals surface area contributed by atoms with Gasteiger partial charge in [0.05, 0.1) is 0 Å². The molecular formula is C3H11ClN2O2S. The summed E-state index contributed by atoms with van der Waals surface area (Å²) >= 11 is 3.65. The van der Waals surface area contributed by atoms with Gasteiger partial charge < -0.3 is 17.0 Å². The van der Waals surface area contributed by atoms with E-state index in [0.29, 0.717) is 0 Å². The van der Waals surface area contributed by atoms with E-state index in [-0.39, 0.29) is 24.3 Å². The van der Waals surface area contributed by atoms with E-state index in [1.54, 1.807) is 0 Å². The zero-order chi connectivity index (χ0) is 5.86. The second kappa shape index (κ2) is 8.03. The highest BCUT2D eigenvalue weighted by atomic mass is 35.5. The van der Waals surface area contributed by atoms with Crippen molar-refractivity contribution in [1.29, 1.82) is 0 Å². The van der Waals surface area contributed by atoms with Crippen LogP contribution in [0, 0.1) is 0 Å². The summed E-state index contributed by atoms with van der Waals surface area (Å²) in [5.41, 5.74) is 4.94. The third kappa shape index (κ3) is 8.03. The number of carbonyl (C=O) groups is 1. The van der Waals surface area contributed by atoms with Gasteiger partial charge in [-0.25, -0.2) is 0 Å². The van der Waals surface area contributed by atoms with Crippen molar-refractivity contribution in [1.82, 2.24) is 6.15 Å². The van der Waals surface area contributed by atoms with Crippen LogP contribution >= 0.6 is 25.0 Å². The summed E-state index contributed by atoms with van der Waals surface area (Å²) < 4.78 is 0. The van der Waals surface area contributed by atoms with Crippen LogP contribution in [0.1, 0.15) is 0 Å². The molecule has 6 heteroatoms. The molecule has 0 spiro atoms. The lowest BCUT2D eigenvalue weighted by Gasteiger charge is -1.96. The Morgan fingerprint density at radius 2 is 2.11 bits per heavy atom. The van der Waals surface area contributed by atoms with Crippen molar-refractivity contribution < 1.29 is 9.90 Å². The van der Waals surface area contributed by atoms with Gasteiger partial charge in [0.25, 0.3) is 0 Å². The number of aliphatic carboxylic acids is 1. The van der Waals surface area contributed by atoms with E-state index in [1.807, 2.05) is 0 Å². The van der Waals surface area contributed by atoms with E-state index in [1.165, 1.54) is 0 Å². The first kappa shape index (κ1) is 16.0. The van der Waals surface area contributed by atoms with Crippen LogP contribution in [0.15, 0.2) is 0 Å². The zero-order valence-electron chi connectivity index (χ0n) is 4.78. The van der Waals surface area contributed by atoms with Gasteiger partial charge >= 0.3 is 5.97 Å². The van der Waals surface area contributed by atoms with Crippen molar-refractivity contribution in [2.75, 3.05) is 5.75 Å². The van der Waals surface area contributed by atoms with Gasteiger partial charge in [0.1, 0.15) is 6.04 Å². The Labute approximate surface area is 65.2 Å². The molecule has 0 aliphatic rings. The number of hydrogen-bond donors (Lipinski definition) is 4. The van der Waals surface area contributed by atoms with Gasteiger partial charge in [-0.2, -0.15) is 12.6 Å². The first-order valence-electron chi connectivity index (χ1n) is 1.77. The lowest BCUT2D eigenvalue weighted by atomic mass is 10.4. The third-order valence-electron chi connectivity index (χ3n) is 0.514. The Kier molecular flexibility index (Phi) is 14.3. The van der Waals surface area contributed by atoms with Crippen LogP contribution in [0.2, 0.25) is 0 Å². The van der Waals surface area contributed by atoms with Gasteiger partial charge in [-0.05, 0) is 0 Å². The van der Waals surface area contributed by atoms with Gasteiger partial charge in [-0.3, -0.25) is 4.79 Å². The molecule has 0 bridgehead atoms. The van der Waals surface area contributed by atoms with Crippen molar-refractivity contribution in [3.05, 3.63) is 0 Å². The molecule has 0 amide bonds. The number of halogens is 1. The summed E-state index contributed by atoms with van der Waals surface area (Å²) in [5.74, 6) is -0.815. The fourth-order valence-electron chi connectivity index (χ4n) is 0.0781. The predicted octanol–water partition coefficient (Wildman–Crippen LogP) is -0.0881.